The van der Waals surface area contributed by atoms with Crippen LogP contribution in [0.4, 0.5) is 23.7 Å². The van der Waals surface area contributed by atoms with Gasteiger partial charge >= 0.3 is 12.3 Å². The quantitative estimate of drug-likeness (QED) is 0.349. The van der Waals surface area contributed by atoms with Crippen LogP contribution in [0.15, 0.2) is 41.6 Å². The molecule has 1 heterocycles. The Balaban J connectivity index is 2.03. The normalized spacial score (nSPS) is 18.9. The molecule has 0 radical (unpaired) electrons. The largest absolute Gasteiger partial charge is 0.464 e. The van der Waals surface area contributed by atoms with Crippen LogP contribution >= 0.6 is 34.8 Å². The molecule has 0 saturated carbocycles. The molecule has 1 aliphatic heterocycles. The number of hydrogen-bond acceptors (Lipinski definition) is 4. The highest BCUT2D eigenvalue weighted by molar-refractivity contribution is 6.35. The molecule has 2 aromatic carbocycles. The van der Waals surface area contributed by atoms with Crippen molar-refractivity contribution in [3.63, 3.8) is 0 Å². The second-order valence-corrected chi connectivity index (χ2v) is 7.39. The summed E-state index contributed by atoms with van der Waals surface area (Å²) in [6, 6.07) is 7.36. The van der Waals surface area contributed by atoms with Gasteiger partial charge in [-0.3, -0.25) is 0 Å². The van der Waals surface area contributed by atoms with E-state index in [-0.39, 0.29) is 37.6 Å². The minimum Gasteiger partial charge on any atom is -0.464 e. The summed E-state index contributed by atoms with van der Waals surface area (Å²) < 4.78 is 42.1. The number of benzene rings is 2. The van der Waals surface area contributed by atoms with Crippen LogP contribution in [0.5, 0.6) is 0 Å². The van der Waals surface area contributed by atoms with E-state index < -0.39 is 24.3 Å². The van der Waals surface area contributed by atoms with Gasteiger partial charge in [0.05, 0.1) is 16.4 Å². The highest BCUT2D eigenvalue weighted by atomic mass is 35.5. The summed E-state index contributed by atoms with van der Waals surface area (Å²) in [5.74, 6) is 5.42. The smallest absolute Gasteiger partial charge is 0.435 e. The molecule has 154 valence electrons. The Morgan fingerprint density at radius 3 is 2.34 bits per heavy atom. The highest BCUT2D eigenvalue weighted by Crippen LogP contribution is 2.49. The fourth-order valence-electron chi connectivity index (χ4n) is 2.83. The van der Waals surface area contributed by atoms with Crippen LogP contribution in [0, 0.1) is 0 Å². The van der Waals surface area contributed by atoms with Crippen molar-refractivity contribution in [1.82, 2.24) is 0 Å². The van der Waals surface area contributed by atoms with E-state index in [0.717, 1.165) is 12.1 Å². The molecule has 6 nitrogen and oxygen atoms in total. The maximum absolute atomic E-state index is 14.0. The molecule has 1 amide bonds. The fraction of sp³-hybridized carbons (Fsp3) is 0.176. The number of anilines is 1. The van der Waals surface area contributed by atoms with Crippen LogP contribution in [0.1, 0.15) is 17.5 Å². The van der Waals surface area contributed by atoms with Crippen molar-refractivity contribution in [3.05, 3.63) is 62.6 Å². The number of carbonyl (C=O) groups is 1. The zero-order chi connectivity index (χ0) is 21.6. The van der Waals surface area contributed by atoms with Crippen LogP contribution in [-0.2, 0) is 10.4 Å². The van der Waals surface area contributed by atoms with Gasteiger partial charge in [0, 0.05) is 27.6 Å². The Labute approximate surface area is 177 Å². The summed E-state index contributed by atoms with van der Waals surface area (Å²) in [5, 5.41) is 13.0. The van der Waals surface area contributed by atoms with Crippen LogP contribution in [-0.4, -0.2) is 23.1 Å². The monoisotopic (exact) mass is 467 g/mol. The van der Waals surface area contributed by atoms with Crippen LogP contribution in [0.3, 0.4) is 0 Å². The van der Waals surface area contributed by atoms with Crippen molar-refractivity contribution < 1.29 is 27.9 Å². The Morgan fingerprint density at radius 2 is 1.79 bits per heavy atom. The number of rotatable bonds is 3. The van der Waals surface area contributed by atoms with Gasteiger partial charge in [0.15, 0.2) is 0 Å². The molecular formula is C17H11Cl3F3N3O3. The van der Waals surface area contributed by atoms with E-state index in [1.165, 1.54) is 24.3 Å². The standard InChI is InChI=1S/C17H11Cl3F3N3O3/c18-10-4-9(5-11(19)6-10)16(17(21,22)23)7-13(25-29-16)8-1-2-12(20)14(3-8)26(24)15(27)28/h1-6H,7,24H2,(H,27,28). The topological polar surface area (TPSA) is 88.2 Å². The van der Waals surface area contributed by atoms with Gasteiger partial charge in [-0.15, -0.1) is 0 Å². The molecule has 29 heavy (non-hydrogen) atoms. The number of nitrogens with zero attached hydrogens (tertiary/aromatic N) is 2. The molecule has 3 N–H and O–H groups in total. The summed E-state index contributed by atoms with van der Waals surface area (Å²) in [7, 11) is 0. The van der Waals surface area contributed by atoms with Gasteiger partial charge in [0.1, 0.15) is 0 Å². The van der Waals surface area contributed by atoms with Gasteiger partial charge in [0.2, 0.25) is 0 Å². The van der Waals surface area contributed by atoms with Gasteiger partial charge in [-0.2, -0.15) is 13.2 Å². The van der Waals surface area contributed by atoms with Crippen molar-refractivity contribution in [1.29, 1.82) is 0 Å². The molecule has 0 bridgehead atoms. The van der Waals surface area contributed by atoms with E-state index in [9.17, 15) is 18.0 Å². The van der Waals surface area contributed by atoms with Crippen LogP contribution in [0.25, 0.3) is 0 Å². The third kappa shape index (κ3) is 3.95. The molecule has 0 aliphatic carbocycles. The molecule has 0 saturated heterocycles. The van der Waals surface area contributed by atoms with E-state index in [4.69, 9.17) is 50.6 Å². The molecule has 12 heteroatoms. The van der Waals surface area contributed by atoms with Crippen LogP contribution in [0.2, 0.25) is 15.1 Å². The average Bonchev–Trinajstić information content (AvgIpc) is 3.07. The van der Waals surface area contributed by atoms with Crippen molar-refractivity contribution in [2.75, 3.05) is 5.01 Å². The predicted molar refractivity (Wildman–Crippen MR) is 103 cm³/mol. The lowest BCUT2D eigenvalue weighted by Gasteiger charge is -2.29. The van der Waals surface area contributed by atoms with Gasteiger partial charge in [-0.05, 0) is 30.3 Å². The zero-order valence-electron chi connectivity index (χ0n) is 14.2. The summed E-state index contributed by atoms with van der Waals surface area (Å²) in [4.78, 5) is 16.0. The third-order valence-electron chi connectivity index (χ3n) is 4.26. The lowest BCUT2D eigenvalue weighted by molar-refractivity contribution is -0.275. The van der Waals surface area contributed by atoms with Crippen molar-refractivity contribution in [2.24, 2.45) is 11.0 Å². The number of nitrogens with two attached hydrogens (primary N) is 1. The first-order valence-corrected chi connectivity index (χ1v) is 8.94. The molecule has 1 unspecified atom stereocenters. The Kier molecular flexibility index (Phi) is 5.61. The number of amides is 1. The number of hydrazine groups is 1. The van der Waals surface area contributed by atoms with Gasteiger partial charge in [0.25, 0.3) is 5.60 Å². The molecule has 1 atom stereocenters. The Hall–Kier alpha value is -2.20. The van der Waals surface area contributed by atoms with Crippen LogP contribution < -0.4 is 10.9 Å². The number of alkyl halides is 3. The molecule has 1 aliphatic rings. The Bertz CT molecular complexity index is 996. The number of carboxylic acid groups (broad SMARTS) is 1. The summed E-state index contributed by atoms with van der Waals surface area (Å²) in [5.41, 5.74) is -3.20. The maximum Gasteiger partial charge on any atom is 0.435 e. The molecular weight excluding hydrogens is 458 g/mol. The number of hydrogen-bond donors (Lipinski definition) is 2. The minimum atomic E-state index is -4.86. The highest BCUT2D eigenvalue weighted by Gasteiger charge is 2.62. The molecule has 0 fully saturated rings. The van der Waals surface area contributed by atoms with E-state index in [0.29, 0.717) is 5.01 Å². The van der Waals surface area contributed by atoms with Crippen molar-refractivity contribution in [2.45, 2.75) is 18.2 Å². The second-order valence-electron chi connectivity index (χ2n) is 6.11. The third-order valence-corrected chi connectivity index (χ3v) is 5.02. The van der Waals surface area contributed by atoms with Crippen molar-refractivity contribution >= 4 is 52.3 Å². The molecule has 2 aromatic rings. The molecule has 0 aromatic heterocycles. The first-order valence-electron chi connectivity index (χ1n) is 7.80. The summed E-state index contributed by atoms with van der Waals surface area (Å²) in [6.07, 6.45) is -7.07. The zero-order valence-corrected chi connectivity index (χ0v) is 16.4. The lowest BCUT2D eigenvalue weighted by Crippen LogP contribution is -2.42. The lowest BCUT2D eigenvalue weighted by atomic mass is 9.86. The predicted octanol–water partition coefficient (Wildman–Crippen LogP) is 5.59. The fourth-order valence-corrected chi connectivity index (χ4v) is 3.56. The number of halogens is 6. The van der Waals surface area contributed by atoms with Gasteiger partial charge in [-0.1, -0.05) is 46.0 Å². The van der Waals surface area contributed by atoms with E-state index in [1.54, 1.807) is 0 Å². The van der Waals surface area contributed by atoms with Crippen molar-refractivity contribution in [3.8, 4) is 0 Å². The minimum absolute atomic E-state index is 0.00202. The summed E-state index contributed by atoms with van der Waals surface area (Å²) in [6.45, 7) is 0. The van der Waals surface area contributed by atoms with Gasteiger partial charge < -0.3 is 9.94 Å². The average molecular weight is 469 g/mol. The SMILES string of the molecule is NN(C(=O)O)c1cc(C2=NOC(c3cc(Cl)cc(Cl)c3)(C(F)(F)F)C2)ccc1Cl. The van der Waals surface area contributed by atoms with E-state index >= 15 is 0 Å². The van der Waals surface area contributed by atoms with E-state index in [2.05, 4.69) is 5.16 Å². The first kappa shape index (κ1) is 21.5. The number of oxime groups is 1. The molecule has 0 spiro atoms. The maximum atomic E-state index is 14.0. The Morgan fingerprint density at radius 1 is 1.17 bits per heavy atom. The van der Waals surface area contributed by atoms with E-state index in [1.807, 2.05) is 0 Å². The molecule has 3 rings (SSSR count). The first-order chi connectivity index (χ1) is 13.4. The van der Waals surface area contributed by atoms with Gasteiger partial charge in [-0.25, -0.2) is 15.6 Å². The second kappa shape index (κ2) is 7.56. The summed E-state index contributed by atoms with van der Waals surface area (Å²) >= 11 is 17.7.